The van der Waals surface area contributed by atoms with Crippen LogP contribution in [0.4, 0.5) is 8.78 Å². The van der Waals surface area contributed by atoms with Gasteiger partial charge in [-0.05, 0) is 26.5 Å². The van der Waals surface area contributed by atoms with Gasteiger partial charge in [-0.1, -0.05) is 6.07 Å². The van der Waals surface area contributed by atoms with E-state index in [1.54, 1.807) is 18.9 Å². The van der Waals surface area contributed by atoms with Crippen LogP contribution < -0.4 is 0 Å². The van der Waals surface area contributed by atoms with Gasteiger partial charge < -0.3 is 15.1 Å². The van der Waals surface area contributed by atoms with Crippen molar-refractivity contribution in [1.29, 1.82) is 0 Å². The number of hydrogen-bond donors (Lipinski definition) is 2. The lowest BCUT2D eigenvalue weighted by molar-refractivity contribution is 0.109. The summed E-state index contributed by atoms with van der Waals surface area (Å²) >= 11 is 0. The Morgan fingerprint density at radius 2 is 1.94 bits per heavy atom. The summed E-state index contributed by atoms with van der Waals surface area (Å²) in [5, 5.41) is 19.0. The maximum Gasteiger partial charge on any atom is 0.131 e. The molecule has 0 aliphatic heterocycles. The molecule has 0 aliphatic rings. The Labute approximate surface area is 106 Å². The minimum atomic E-state index is -1.01. The lowest BCUT2D eigenvalue weighted by Gasteiger charge is -2.21. The van der Waals surface area contributed by atoms with Gasteiger partial charge in [0.1, 0.15) is 11.6 Å². The zero-order valence-electron chi connectivity index (χ0n) is 10.6. The molecule has 0 radical (unpaired) electrons. The second-order valence-electron chi connectivity index (χ2n) is 4.58. The normalized spacial score (nSPS) is 14.8. The van der Waals surface area contributed by atoms with Gasteiger partial charge in [0.25, 0.3) is 0 Å². The van der Waals surface area contributed by atoms with Crippen molar-refractivity contribution in [2.24, 2.45) is 0 Å². The average Bonchev–Trinajstić information content (AvgIpc) is 2.26. The number of halogens is 2. The maximum atomic E-state index is 13.4. The van der Waals surface area contributed by atoms with Crippen molar-refractivity contribution < 1.29 is 19.0 Å². The van der Waals surface area contributed by atoms with Gasteiger partial charge >= 0.3 is 0 Å². The molecule has 0 aromatic heterocycles. The molecular weight excluding hydrogens is 240 g/mol. The fraction of sp³-hybridized carbons (Fsp3) is 0.538. The minimum Gasteiger partial charge on any atom is -0.393 e. The van der Waals surface area contributed by atoms with Crippen molar-refractivity contribution in [3.63, 3.8) is 0 Å². The molecule has 2 atom stereocenters. The molecule has 18 heavy (non-hydrogen) atoms. The first-order valence-electron chi connectivity index (χ1n) is 5.89. The van der Waals surface area contributed by atoms with Gasteiger partial charge in [0.05, 0.1) is 12.2 Å². The third-order valence-electron chi connectivity index (χ3n) is 2.73. The van der Waals surface area contributed by atoms with E-state index in [0.717, 1.165) is 12.1 Å². The molecule has 0 heterocycles. The molecule has 1 aromatic rings. The van der Waals surface area contributed by atoms with E-state index in [-0.39, 0.29) is 12.1 Å². The Bertz CT molecular complexity index is 385. The highest BCUT2D eigenvalue weighted by Crippen LogP contribution is 2.18. The summed E-state index contributed by atoms with van der Waals surface area (Å²) in [5.41, 5.74) is 0.0836. The predicted octanol–water partition coefficient (Wildman–Crippen LogP) is 1.70. The Morgan fingerprint density at radius 1 is 1.28 bits per heavy atom. The first kappa shape index (κ1) is 15.0. The second-order valence-corrected chi connectivity index (χ2v) is 4.58. The Kier molecular flexibility index (Phi) is 5.65. The first-order valence-corrected chi connectivity index (χ1v) is 5.89. The summed E-state index contributed by atoms with van der Waals surface area (Å²) in [4.78, 5) is 1.79. The van der Waals surface area contributed by atoms with Crippen molar-refractivity contribution in [3.05, 3.63) is 35.4 Å². The number of aliphatic hydroxyl groups is 2. The van der Waals surface area contributed by atoms with Gasteiger partial charge in [0.2, 0.25) is 0 Å². The largest absolute Gasteiger partial charge is 0.393 e. The number of hydrogen-bond acceptors (Lipinski definition) is 3. The van der Waals surface area contributed by atoms with Crippen LogP contribution in [0.2, 0.25) is 0 Å². The summed E-state index contributed by atoms with van der Waals surface area (Å²) in [7, 11) is 1.77. The fourth-order valence-electron chi connectivity index (χ4n) is 1.66. The Balaban J connectivity index is 2.56. The SMILES string of the molecule is CC(O)CCN(C)CC(O)c1ccc(F)cc1F. The molecule has 1 aromatic carbocycles. The molecule has 0 bridgehead atoms. The standard InChI is InChI=1S/C13H19F2NO2/c1-9(17)5-6-16(2)8-13(18)11-4-3-10(14)7-12(11)15/h3-4,7,9,13,17-18H,5-6,8H2,1-2H3. The van der Waals surface area contributed by atoms with E-state index in [2.05, 4.69) is 0 Å². The van der Waals surface area contributed by atoms with E-state index < -0.39 is 23.8 Å². The van der Waals surface area contributed by atoms with Gasteiger partial charge in [0, 0.05) is 24.7 Å². The molecular formula is C13H19F2NO2. The molecule has 1 rings (SSSR count). The van der Waals surface area contributed by atoms with Gasteiger partial charge in [-0.3, -0.25) is 0 Å². The molecule has 0 saturated heterocycles. The fourth-order valence-corrected chi connectivity index (χ4v) is 1.66. The lowest BCUT2D eigenvalue weighted by atomic mass is 10.1. The van der Waals surface area contributed by atoms with Crippen LogP contribution >= 0.6 is 0 Å². The minimum absolute atomic E-state index is 0.0836. The maximum absolute atomic E-state index is 13.4. The van der Waals surface area contributed by atoms with Gasteiger partial charge in [-0.25, -0.2) is 8.78 Å². The summed E-state index contributed by atoms with van der Waals surface area (Å²) in [5.74, 6) is -1.41. The van der Waals surface area contributed by atoms with Crippen LogP contribution in [0.3, 0.4) is 0 Å². The van der Waals surface area contributed by atoms with E-state index in [4.69, 9.17) is 5.11 Å². The average molecular weight is 259 g/mol. The highest BCUT2D eigenvalue weighted by atomic mass is 19.1. The lowest BCUT2D eigenvalue weighted by Crippen LogP contribution is -2.27. The molecule has 3 nitrogen and oxygen atoms in total. The van der Waals surface area contributed by atoms with Crippen LogP contribution in [-0.4, -0.2) is 41.4 Å². The van der Waals surface area contributed by atoms with Gasteiger partial charge in [-0.2, -0.15) is 0 Å². The number of aliphatic hydroxyl groups excluding tert-OH is 2. The number of rotatable bonds is 6. The molecule has 2 unspecified atom stereocenters. The zero-order valence-corrected chi connectivity index (χ0v) is 10.6. The molecule has 5 heteroatoms. The molecule has 0 fully saturated rings. The van der Waals surface area contributed by atoms with Crippen LogP contribution in [0.15, 0.2) is 18.2 Å². The van der Waals surface area contributed by atoms with E-state index in [0.29, 0.717) is 13.0 Å². The number of likely N-dealkylation sites (N-methyl/N-ethyl adjacent to an activating group) is 1. The molecule has 0 aliphatic carbocycles. The molecule has 0 saturated carbocycles. The van der Waals surface area contributed by atoms with E-state index in [1.807, 2.05) is 0 Å². The quantitative estimate of drug-likeness (QED) is 0.817. The monoisotopic (exact) mass is 259 g/mol. The Morgan fingerprint density at radius 3 is 2.50 bits per heavy atom. The molecule has 0 spiro atoms. The van der Waals surface area contributed by atoms with E-state index in [9.17, 15) is 13.9 Å². The van der Waals surface area contributed by atoms with Crippen LogP contribution in [0.25, 0.3) is 0 Å². The van der Waals surface area contributed by atoms with Gasteiger partial charge in [0.15, 0.2) is 0 Å². The van der Waals surface area contributed by atoms with Crippen molar-refractivity contribution >= 4 is 0 Å². The highest BCUT2D eigenvalue weighted by Gasteiger charge is 2.15. The number of benzene rings is 1. The summed E-state index contributed by atoms with van der Waals surface area (Å²) in [6, 6.07) is 3.13. The molecule has 102 valence electrons. The van der Waals surface area contributed by atoms with Crippen molar-refractivity contribution in [2.45, 2.75) is 25.6 Å². The van der Waals surface area contributed by atoms with E-state index >= 15 is 0 Å². The predicted molar refractivity (Wildman–Crippen MR) is 65.1 cm³/mol. The zero-order chi connectivity index (χ0) is 13.7. The number of nitrogens with zero attached hydrogens (tertiary/aromatic N) is 1. The Hall–Kier alpha value is -1.04. The van der Waals surface area contributed by atoms with Crippen LogP contribution in [-0.2, 0) is 0 Å². The second kappa shape index (κ2) is 6.78. The smallest absolute Gasteiger partial charge is 0.131 e. The molecule has 0 amide bonds. The van der Waals surface area contributed by atoms with Crippen LogP contribution in [0.5, 0.6) is 0 Å². The third kappa shape index (κ3) is 4.68. The first-order chi connectivity index (χ1) is 8.40. The third-order valence-corrected chi connectivity index (χ3v) is 2.73. The van der Waals surface area contributed by atoms with Crippen LogP contribution in [0.1, 0.15) is 25.0 Å². The van der Waals surface area contributed by atoms with Crippen molar-refractivity contribution in [2.75, 3.05) is 20.1 Å². The summed E-state index contributed by atoms with van der Waals surface area (Å²) in [6.45, 7) is 2.51. The van der Waals surface area contributed by atoms with E-state index in [1.165, 1.54) is 6.07 Å². The summed E-state index contributed by atoms with van der Waals surface area (Å²) < 4.78 is 26.1. The summed E-state index contributed by atoms with van der Waals surface area (Å²) in [6.07, 6.45) is -0.841. The molecule has 2 N–H and O–H groups in total. The van der Waals surface area contributed by atoms with Crippen molar-refractivity contribution in [3.8, 4) is 0 Å². The topological polar surface area (TPSA) is 43.7 Å². The van der Waals surface area contributed by atoms with Crippen LogP contribution in [0, 0.1) is 11.6 Å². The van der Waals surface area contributed by atoms with Gasteiger partial charge in [-0.15, -0.1) is 0 Å². The van der Waals surface area contributed by atoms with Crippen molar-refractivity contribution in [1.82, 2.24) is 4.90 Å². The highest BCUT2D eigenvalue weighted by molar-refractivity contribution is 5.21.